The van der Waals surface area contributed by atoms with Crippen molar-refractivity contribution >= 4 is 5.84 Å². The summed E-state index contributed by atoms with van der Waals surface area (Å²) in [5.41, 5.74) is 7.05. The molecule has 0 heterocycles. The van der Waals surface area contributed by atoms with Gasteiger partial charge in [-0.3, -0.25) is 5.41 Å². The number of methoxy groups -OCH3 is 1. The van der Waals surface area contributed by atoms with Gasteiger partial charge in [-0.15, -0.1) is 0 Å². The fourth-order valence-corrected chi connectivity index (χ4v) is 1.31. The molecule has 0 saturated heterocycles. The van der Waals surface area contributed by atoms with Gasteiger partial charge in [-0.25, -0.2) is 0 Å². The maximum Gasteiger partial charge on any atom is 0.130 e. The summed E-state index contributed by atoms with van der Waals surface area (Å²) in [6, 6.07) is 5.51. The molecule has 0 amide bonds. The van der Waals surface area contributed by atoms with Crippen LogP contribution < -0.4 is 10.5 Å². The molecule has 0 bridgehead atoms. The number of nitrogen functional groups attached to an aromatic ring is 1. The zero-order chi connectivity index (χ0) is 12.1. The lowest BCUT2D eigenvalue weighted by molar-refractivity contribution is 0.0656. The summed E-state index contributed by atoms with van der Waals surface area (Å²) >= 11 is 0. The normalized spacial score (nSPS) is 10.5. The van der Waals surface area contributed by atoms with Gasteiger partial charge < -0.3 is 15.2 Å². The molecule has 1 aromatic carbocycles. The SMILES string of the molecule is COc1cc(COC(C)C)ccc1C(=N)N. The van der Waals surface area contributed by atoms with Crippen LogP contribution in [0.2, 0.25) is 0 Å². The molecule has 0 unspecified atom stereocenters. The van der Waals surface area contributed by atoms with Crippen LogP contribution >= 0.6 is 0 Å². The number of amidine groups is 1. The number of ether oxygens (including phenoxy) is 2. The Hall–Kier alpha value is -1.55. The number of hydrogen-bond acceptors (Lipinski definition) is 3. The smallest absolute Gasteiger partial charge is 0.130 e. The summed E-state index contributed by atoms with van der Waals surface area (Å²) in [5, 5.41) is 7.39. The Kier molecular flexibility index (Phi) is 4.31. The Morgan fingerprint density at radius 2 is 2.12 bits per heavy atom. The highest BCUT2D eigenvalue weighted by molar-refractivity contribution is 5.97. The maximum absolute atomic E-state index is 7.39. The second-order valence-electron chi connectivity index (χ2n) is 3.81. The molecule has 0 atom stereocenters. The lowest BCUT2D eigenvalue weighted by Crippen LogP contribution is -2.13. The third-order valence-corrected chi connectivity index (χ3v) is 2.14. The predicted molar refractivity (Wildman–Crippen MR) is 63.9 cm³/mol. The minimum atomic E-state index is 0.00757. The van der Waals surface area contributed by atoms with E-state index in [9.17, 15) is 0 Å². The first-order valence-electron chi connectivity index (χ1n) is 5.17. The van der Waals surface area contributed by atoms with Crippen LogP contribution in [0.25, 0.3) is 0 Å². The lowest BCUT2D eigenvalue weighted by atomic mass is 10.1. The fourth-order valence-electron chi connectivity index (χ4n) is 1.31. The predicted octanol–water partition coefficient (Wildman–Crippen LogP) is 1.90. The molecule has 1 rings (SSSR count). The minimum absolute atomic E-state index is 0.00757. The van der Waals surface area contributed by atoms with E-state index in [0.29, 0.717) is 17.9 Å². The van der Waals surface area contributed by atoms with Crippen molar-refractivity contribution < 1.29 is 9.47 Å². The number of benzene rings is 1. The molecule has 0 aromatic heterocycles. The monoisotopic (exact) mass is 222 g/mol. The molecular weight excluding hydrogens is 204 g/mol. The molecule has 0 spiro atoms. The van der Waals surface area contributed by atoms with E-state index in [0.717, 1.165) is 5.56 Å². The molecule has 88 valence electrons. The van der Waals surface area contributed by atoms with Gasteiger partial charge in [-0.1, -0.05) is 6.07 Å². The van der Waals surface area contributed by atoms with Gasteiger partial charge in [0, 0.05) is 0 Å². The Morgan fingerprint density at radius 1 is 1.44 bits per heavy atom. The third kappa shape index (κ3) is 3.24. The third-order valence-electron chi connectivity index (χ3n) is 2.14. The first-order chi connectivity index (χ1) is 7.54. The summed E-state index contributed by atoms with van der Waals surface area (Å²) in [6.07, 6.45) is 0.193. The average molecular weight is 222 g/mol. The summed E-state index contributed by atoms with van der Waals surface area (Å²) in [4.78, 5) is 0. The van der Waals surface area contributed by atoms with Crippen LogP contribution in [-0.4, -0.2) is 19.0 Å². The Labute approximate surface area is 95.9 Å². The molecule has 1 aromatic rings. The lowest BCUT2D eigenvalue weighted by Gasteiger charge is -2.11. The van der Waals surface area contributed by atoms with E-state index >= 15 is 0 Å². The molecule has 4 heteroatoms. The number of nitrogens with one attached hydrogen (secondary N) is 1. The van der Waals surface area contributed by atoms with Crippen LogP contribution in [0.3, 0.4) is 0 Å². The summed E-state index contributed by atoms with van der Waals surface area (Å²) in [7, 11) is 1.56. The van der Waals surface area contributed by atoms with Gasteiger partial charge in [0.2, 0.25) is 0 Å². The van der Waals surface area contributed by atoms with Crippen molar-refractivity contribution in [2.75, 3.05) is 7.11 Å². The van der Waals surface area contributed by atoms with Gasteiger partial charge in [-0.2, -0.15) is 0 Å². The van der Waals surface area contributed by atoms with Gasteiger partial charge >= 0.3 is 0 Å². The Balaban J connectivity index is 2.86. The number of nitrogens with two attached hydrogens (primary N) is 1. The molecule has 3 N–H and O–H groups in total. The second-order valence-corrected chi connectivity index (χ2v) is 3.81. The van der Waals surface area contributed by atoms with E-state index in [-0.39, 0.29) is 11.9 Å². The van der Waals surface area contributed by atoms with Crippen molar-refractivity contribution in [1.29, 1.82) is 5.41 Å². The Bertz CT molecular complexity index is 375. The highest BCUT2D eigenvalue weighted by Crippen LogP contribution is 2.20. The zero-order valence-electron chi connectivity index (χ0n) is 9.91. The van der Waals surface area contributed by atoms with Crippen LogP contribution in [0, 0.1) is 5.41 Å². The van der Waals surface area contributed by atoms with Crippen molar-refractivity contribution in [1.82, 2.24) is 0 Å². The number of rotatable bonds is 5. The summed E-state index contributed by atoms with van der Waals surface area (Å²) in [5.74, 6) is 0.616. The average Bonchev–Trinajstić information content (AvgIpc) is 2.25. The standard InChI is InChI=1S/C12H18N2O2/c1-8(2)16-7-9-4-5-10(12(13)14)11(6-9)15-3/h4-6,8H,7H2,1-3H3,(H3,13,14). The van der Waals surface area contributed by atoms with Crippen molar-refractivity contribution in [2.45, 2.75) is 26.6 Å². The van der Waals surface area contributed by atoms with Crippen LogP contribution in [0.5, 0.6) is 5.75 Å². The van der Waals surface area contributed by atoms with Gasteiger partial charge in [0.15, 0.2) is 0 Å². The largest absolute Gasteiger partial charge is 0.496 e. The molecular formula is C12H18N2O2. The molecule has 0 aliphatic rings. The molecule has 0 radical (unpaired) electrons. The van der Waals surface area contributed by atoms with E-state index in [4.69, 9.17) is 20.6 Å². The first-order valence-corrected chi connectivity index (χ1v) is 5.17. The van der Waals surface area contributed by atoms with Gasteiger partial charge in [-0.05, 0) is 31.5 Å². The summed E-state index contributed by atoms with van der Waals surface area (Å²) < 4.78 is 10.7. The van der Waals surface area contributed by atoms with Crippen molar-refractivity contribution in [3.63, 3.8) is 0 Å². The number of hydrogen-bond donors (Lipinski definition) is 2. The van der Waals surface area contributed by atoms with Gasteiger partial charge in [0.25, 0.3) is 0 Å². The van der Waals surface area contributed by atoms with Crippen LogP contribution in [0.1, 0.15) is 25.0 Å². The molecule has 0 aliphatic heterocycles. The second kappa shape index (κ2) is 5.51. The molecule has 0 fully saturated rings. The molecule has 0 saturated carbocycles. The van der Waals surface area contributed by atoms with E-state index in [1.54, 1.807) is 13.2 Å². The molecule has 0 aliphatic carbocycles. The van der Waals surface area contributed by atoms with E-state index in [1.165, 1.54) is 0 Å². The van der Waals surface area contributed by atoms with Gasteiger partial charge in [0.05, 0.1) is 25.4 Å². The van der Waals surface area contributed by atoms with Crippen molar-refractivity contribution in [2.24, 2.45) is 5.73 Å². The van der Waals surface area contributed by atoms with E-state index in [1.807, 2.05) is 26.0 Å². The van der Waals surface area contributed by atoms with Gasteiger partial charge in [0.1, 0.15) is 11.6 Å². The minimum Gasteiger partial charge on any atom is -0.496 e. The summed E-state index contributed by atoms with van der Waals surface area (Å²) in [6.45, 7) is 4.51. The molecule has 4 nitrogen and oxygen atoms in total. The highest BCUT2D eigenvalue weighted by Gasteiger charge is 2.07. The fraction of sp³-hybridized carbons (Fsp3) is 0.417. The maximum atomic E-state index is 7.39. The quantitative estimate of drug-likeness (QED) is 0.590. The zero-order valence-corrected chi connectivity index (χ0v) is 9.91. The first kappa shape index (κ1) is 12.5. The van der Waals surface area contributed by atoms with Crippen LogP contribution in [-0.2, 0) is 11.3 Å². The Morgan fingerprint density at radius 3 is 2.62 bits per heavy atom. The highest BCUT2D eigenvalue weighted by atomic mass is 16.5. The van der Waals surface area contributed by atoms with E-state index < -0.39 is 0 Å². The van der Waals surface area contributed by atoms with Crippen LogP contribution in [0.15, 0.2) is 18.2 Å². The molecule has 16 heavy (non-hydrogen) atoms. The van der Waals surface area contributed by atoms with Crippen LogP contribution in [0.4, 0.5) is 0 Å². The van der Waals surface area contributed by atoms with Crippen molar-refractivity contribution in [3.05, 3.63) is 29.3 Å². The topological polar surface area (TPSA) is 68.3 Å². The van der Waals surface area contributed by atoms with Crippen molar-refractivity contribution in [3.8, 4) is 5.75 Å². The van der Waals surface area contributed by atoms with E-state index in [2.05, 4.69) is 0 Å².